The lowest BCUT2D eigenvalue weighted by molar-refractivity contribution is -0.883. The van der Waals surface area contributed by atoms with Gasteiger partial charge >= 0.3 is 0 Å². The van der Waals surface area contributed by atoms with E-state index in [-0.39, 0.29) is 11.7 Å². The highest BCUT2D eigenvalue weighted by Crippen LogP contribution is 2.00. The van der Waals surface area contributed by atoms with E-state index < -0.39 is 0 Å². The Labute approximate surface area is 105 Å². The van der Waals surface area contributed by atoms with Crippen LogP contribution in [0.4, 0.5) is 0 Å². The third kappa shape index (κ3) is 3.04. The van der Waals surface area contributed by atoms with Gasteiger partial charge in [-0.3, -0.25) is 10.1 Å². The fourth-order valence-electron chi connectivity index (χ4n) is 1.74. The van der Waals surface area contributed by atoms with E-state index in [1.807, 2.05) is 4.90 Å². The number of piperazine rings is 1. The zero-order valence-electron chi connectivity index (χ0n) is 9.73. The molecule has 0 aromatic carbocycles. The summed E-state index contributed by atoms with van der Waals surface area (Å²) < 4.78 is 5.01. The van der Waals surface area contributed by atoms with E-state index in [1.54, 1.807) is 12.1 Å². The Morgan fingerprint density at radius 1 is 1.53 bits per heavy atom. The largest absolute Gasteiger partial charge is 0.459 e. The molecule has 1 aromatic heterocycles. The van der Waals surface area contributed by atoms with Crippen molar-refractivity contribution < 1.29 is 14.1 Å². The predicted molar refractivity (Wildman–Crippen MR) is 67.0 cm³/mol. The van der Waals surface area contributed by atoms with Crippen LogP contribution in [0, 0.1) is 0 Å². The van der Waals surface area contributed by atoms with Crippen molar-refractivity contribution in [2.45, 2.75) is 0 Å². The molecule has 0 atom stereocenters. The summed E-state index contributed by atoms with van der Waals surface area (Å²) in [6.07, 6.45) is 1.47. The fourth-order valence-corrected chi connectivity index (χ4v) is 2.01. The first-order valence-electron chi connectivity index (χ1n) is 5.62. The molecular formula is C11H16N3O2S+. The van der Waals surface area contributed by atoms with Crippen LogP contribution < -0.4 is 10.2 Å². The first-order chi connectivity index (χ1) is 8.16. The van der Waals surface area contributed by atoms with Crippen LogP contribution in [-0.2, 0) is 0 Å². The van der Waals surface area contributed by atoms with Gasteiger partial charge in [-0.2, -0.15) is 0 Å². The number of furan rings is 1. The van der Waals surface area contributed by atoms with Crippen molar-refractivity contribution in [2.75, 3.05) is 33.2 Å². The van der Waals surface area contributed by atoms with E-state index in [2.05, 4.69) is 12.4 Å². The second-order valence-corrected chi connectivity index (χ2v) is 4.57. The Hall–Kier alpha value is -1.40. The molecule has 0 aliphatic carbocycles. The van der Waals surface area contributed by atoms with Gasteiger partial charge in [0.15, 0.2) is 10.9 Å². The summed E-state index contributed by atoms with van der Waals surface area (Å²) in [5.74, 6) is -0.00150. The molecule has 1 fully saturated rings. The van der Waals surface area contributed by atoms with Gasteiger partial charge in [0.2, 0.25) is 0 Å². The van der Waals surface area contributed by atoms with Crippen molar-refractivity contribution in [3.05, 3.63) is 24.2 Å². The molecule has 2 heterocycles. The number of carbonyl (C=O) groups excluding carboxylic acids is 1. The van der Waals surface area contributed by atoms with Crippen LogP contribution >= 0.6 is 12.2 Å². The van der Waals surface area contributed by atoms with E-state index in [9.17, 15) is 4.79 Å². The van der Waals surface area contributed by atoms with Gasteiger partial charge in [0.25, 0.3) is 5.91 Å². The lowest BCUT2D eigenvalue weighted by atomic mass is 10.3. The normalized spacial score (nSPS) is 16.9. The number of amides is 1. The molecule has 92 valence electrons. The number of thiocarbonyl (C=S) groups is 1. The number of carbonyl (C=O) groups is 1. The summed E-state index contributed by atoms with van der Waals surface area (Å²) in [7, 11) is 2.15. The molecule has 6 heteroatoms. The van der Waals surface area contributed by atoms with E-state index in [0.29, 0.717) is 5.11 Å². The Morgan fingerprint density at radius 3 is 2.82 bits per heavy atom. The van der Waals surface area contributed by atoms with Crippen LogP contribution in [0.15, 0.2) is 22.8 Å². The summed E-state index contributed by atoms with van der Waals surface area (Å²) in [5.41, 5.74) is 0. The Morgan fingerprint density at radius 2 is 2.24 bits per heavy atom. The lowest BCUT2D eigenvalue weighted by Gasteiger charge is -2.31. The first-order valence-corrected chi connectivity index (χ1v) is 6.02. The minimum atomic E-state index is -0.286. The van der Waals surface area contributed by atoms with Crippen LogP contribution in [0.2, 0.25) is 0 Å². The molecule has 0 spiro atoms. The minimum Gasteiger partial charge on any atom is -0.459 e. The lowest BCUT2D eigenvalue weighted by Crippen LogP contribution is -3.12. The Bertz CT molecular complexity index is 397. The van der Waals surface area contributed by atoms with Gasteiger partial charge in [0, 0.05) is 0 Å². The average molecular weight is 254 g/mol. The maximum Gasteiger partial charge on any atom is 0.293 e. The van der Waals surface area contributed by atoms with Gasteiger partial charge in [-0.05, 0) is 24.4 Å². The SMILES string of the molecule is C[NH+]1CCN(C(=S)NC(=O)c2ccco2)CC1. The van der Waals surface area contributed by atoms with Crippen LogP contribution in [0.3, 0.4) is 0 Å². The van der Waals surface area contributed by atoms with Crippen LogP contribution in [0.5, 0.6) is 0 Å². The van der Waals surface area contributed by atoms with Gasteiger partial charge in [-0.25, -0.2) is 0 Å². The standard InChI is InChI=1S/C11H15N3O2S/c1-13-4-6-14(7-5-13)11(17)12-10(15)9-3-2-8-16-9/h2-3,8H,4-7H2,1H3,(H,12,15,17)/p+1. The fraction of sp³-hybridized carbons (Fsp3) is 0.455. The van der Waals surface area contributed by atoms with Crippen molar-refractivity contribution in [3.8, 4) is 0 Å². The second-order valence-electron chi connectivity index (χ2n) is 4.18. The highest BCUT2D eigenvalue weighted by atomic mass is 32.1. The zero-order valence-corrected chi connectivity index (χ0v) is 10.5. The van der Waals surface area contributed by atoms with Crippen LogP contribution in [0.25, 0.3) is 0 Å². The second kappa shape index (κ2) is 5.29. The Kier molecular flexibility index (Phi) is 3.75. The van der Waals surface area contributed by atoms with Gasteiger partial charge < -0.3 is 14.2 Å². The molecule has 0 bridgehead atoms. The van der Waals surface area contributed by atoms with E-state index in [4.69, 9.17) is 16.6 Å². The van der Waals surface area contributed by atoms with Crippen molar-refractivity contribution in [3.63, 3.8) is 0 Å². The number of hydrogen-bond donors (Lipinski definition) is 2. The molecule has 17 heavy (non-hydrogen) atoms. The molecule has 1 aliphatic heterocycles. The number of nitrogens with zero attached hydrogens (tertiary/aromatic N) is 1. The summed E-state index contributed by atoms with van der Waals surface area (Å²) in [6.45, 7) is 3.83. The van der Waals surface area contributed by atoms with Crippen molar-refractivity contribution in [1.29, 1.82) is 0 Å². The molecule has 1 aromatic rings. The summed E-state index contributed by atoms with van der Waals surface area (Å²) in [5, 5.41) is 3.17. The van der Waals surface area contributed by atoms with Gasteiger partial charge in [0.1, 0.15) is 0 Å². The van der Waals surface area contributed by atoms with Crippen LogP contribution in [0.1, 0.15) is 10.6 Å². The van der Waals surface area contributed by atoms with Crippen molar-refractivity contribution >= 4 is 23.2 Å². The van der Waals surface area contributed by atoms with Gasteiger partial charge in [-0.1, -0.05) is 0 Å². The van der Waals surface area contributed by atoms with E-state index in [1.165, 1.54) is 11.2 Å². The molecule has 1 amide bonds. The first kappa shape index (κ1) is 12.1. The molecule has 0 saturated carbocycles. The number of likely N-dealkylation sites (N-methyl/N-ethyl adjacent to an activating group) is 1. The Balaban J connectivity index is 1.87. The maximum atomic E-state index is 11.7. The molecular weight excluding hydrogens is 238 g/mol. The molecule has 2 rings (SSSR count). The number of hydrogen-bond acceptors (Lipinski definition) is 3. The molecule has 0 radical (unpaired) electrons. The van der Waals surface area contributed by atoms with E-state index in [0.717, 1.165) is 26.2 Å². The average Bonchev–Trinajstić information content (AvgIpc) is 2.83. The van der Waals surface area contributed by atoms with Crippen LogP contribution in [-0.4, -0.2) is 49.1 Å². The number of nitrogens with one attached hydrogen (secondary N) is 2. The van der Waals surface area contributed by atoms with Crippen molar-refractivity contribution in [2.24, 2.45) is 0 Å². The van der Waals surface area contributed by atoms with Gasteiger partial charge in [0.05, 0.1) is 39.5 Å². The third-order valence-corrected chi connectivity index (χ3v) is 3.23. The van der Waals surface area contributed by atoms with E-state index >= 15 is 0 Å². The molecule has 2 N–H and O–H groups in total. The zero-order chi connectivity index (χ0) is 12.3. The summed E-state index contributed by atoms with van der Waals surface area (Å²) >= 11 is 5.21. The third-order valence-electron chi connectivity index (χ3n) is 2.87. The molecule has 1 saturated heterocycles. The predicted octanol–water partition coefficient (Wildman–Crippen LogP) is -0.875. The molecule has 0 unspecified atom stereocenters. The highest BCUT2D eigenvalue weighted by Gasteiger charge is 2.20. The summed E-state index contributed by atoms with van der Waals surface area (Å²) in [6, 6.07) is 3.29. The van der Waals surface area contributed by atoms with Gasteiger partial charge in [-0.15, -0.1) is 0 Å². The number of quaternary nitrogens is 1. The quantitative estimate of drug-likeness (QED) is 0.639. The monoisotopic (exact) mass is 254 g/mol. The number of rotatable bonds is 1. The van der Waals surface area contributed by atoms with Crippen molar-refractivity contribution in [1.82, 2.24) is 10.2 Å². The molecule has 5 nitrogen and oxygen atoms in total. The topological polar surface area (TPSA) is 49.9 Å². The summed E-state index contributed by atoms with van der Waals surface area (Å²) in [4.78, 5) is 15.2. The molecule has 1 aliphatic rings. The smallest absolute Gasteiger partial charge is 0.293 e. The highest BCUT2D eigenvalue weighted by molar-refractivity contribution is 7.80. The minimum absolute atomic E-state index is 0.284. The maximum absolute atomic E-state index is 11.7.